The Kier molecular flexibility index (Phi) is 7.87. The van der Waals surface area contributed by atoms with Gasteiger partial charge in [0.15, 0.2) is 0 Å². The van der Waals surface area contributed by atoms with E-state index in [1.807, 2.05) is 0 Å². The van der Waals surface area contributed by atoms with Crippen LogP contribution >= 0.6 is 0 Å². The van der Waals surface area contributed by atoms with Crippen molar-refractivity contribution in [2.75, 3.05) is 9.80 Å². The van der Waals surface area contributed by atoms with E-state index in [1.54, 1.807) is 0 Å². The lowest BCUT2D eigenvalue weighted by atomic mass is 9.33. The van der Waals surface area contributed by atoms with E-state index >= 15 is 0 Å². The molecule has 0 aliphatic carbocycles. The van der Waals surface area contributed by atoms with Crippen molar-refractivity contribution in [1.29, 1.82) is 0 Å². The van der Waals surface area contributed by atoms with Crippen molar-refractivity contribution in [3.8, 4) is 16.8 Å². The number of para-hydroxylation sites is 4. The summed E-state index contributed by atoms with van der Waals surface area (Å²) in [5, 5.41) is 12.4. The summed E-state index contributed by atoms with van der Waals surface area (Å²) in [6.07, 6.45) is 0. The lowest BCUT2D eigenvalue weighted by Crippen LogP contribution is -2.61. The number of benzene rings is 12. The smallest absolute Gasteiger partial charge is 0.252 e. The van der Waals surface area contributed by atoms with Crippen molar-refractivity contribution >= 4 is 122 Å². The van der Waals surface area contributed by atoms with Crippen molar-refractivity contribution in [3.63, 3.8) is 0 Å². The monoisotopic (exact) mass is 861 g/mol. The molecule has 0 saturated heterocycles. The molecule has 0 atom stereocenters. The number of hydrogen-bond acceptors (Lipinski definition) is 2. The molecule has 13 aromatic rings. The van der Waals surface area contributed by atoms with Gasteiger partial charge in [-0.1, -0.05) is 146 Å². The number of anilines is 6. The van der Waals surface area contributed by atoms with Crippen LogP contribution in [0.4, 0.5) is 34.1 Å². The van der Waals surface area contributed by atoms with Gasteiger partial charge in [-0.15, -0.1) is 0 Å². The van der Waals surface area contributed by atoms with E-state index in [4.69, 9.17) is 0 Å². The zero-order chi connectivity index (χ0) is 44.5. The van der Waals surface area contributed by atoms with Gasteiger partial charge in [0.1, 0.15) is 0 Å². The Morgan fingerprint density at radius 3 is 1.24 bits per heavy atom. The summed E-state index contributed by atoms with van der Waals surface area (Å²) in [5.41, 5.74) is 16.9. The predicted octanol–water partition coefficient (Wildman–Crippen LogP) is 15.1. The Morgan fingerprint density at radius 1 is 0.294 bits per heavy atom. The minimum Gasteiger partial charge on any atom is -0.311 e. The van der Waals surface area contributed by atoms with Gasteiger partial charge in [-0.3, -0.25) is 0 Å². The highest BCUT2D eigenvalue weighted by molar-refractivity contribution is 7.00. The first-order chi connectivity index (χ1) is 33.7. The van der Waals surface area contributed by atoms with Crippen LogP contribution in [0, 0.1) is 0 Å². The van der Waals surface area contributed by atoms with Crippen LogP contribution in [0.3, 0.4) is 0 Å². The number of fused-ring (bicyclic) bond motifs is 11. The number of nitrogens with zero attached hydrogens (tertiary/aromatic N) is 3. The fourth-order valence-electron chi connectivity index (χ4n) is 11.9. The van der Waals surface area contributed by atoms with Crippen molar-refractivity contribution in [2.45, 2.75) is 0 Å². The Hall–Kier alpha value is -8.86. The second kappa shape index (κ2) is 14.3. The maximum Gasteiger partial charge on any atom is 0.252 e. The topological polar surface area (TPSA) is 11.4 Å². The Labute approximate surface area is 394 Å². The summed E-state index contributed by atoms with van der Waals surface area (Å²) in [5.74, 6) is 0. The van der Waals surface area contributed by atoms with Gasteiger partial charge in [-0.2, -0.15) is 0 Å². The molecule has 0 saturated carbocycles. The molecule has 0 amide bonds. The molecule has 314 valence electrons. The van der Waals surface area contributed by atoms with Gasteiger partial charge in [0.25, 0.3) is 6.71 Å². The molecule has 3 heterocycles. The van der Waals surface area contributed by atoms with Gasteiger partial charge >= 0.3 is 0 Å². The van der Waals surface area contributed by atoms with Gasteiger partial charge in [0, 0.05) is 50.6 Å². The molecule has 68 heavy (non-hydrogen) atoms. The molecule has 2 aliphatic heterocycles. The summed E-state index contributed by atoms with van der Waals surface area (Å²) in [6, 6.07) is 90.5. The fourth-order valence-corrected chi connectivity index (χ4v) is 11.9. The molecule has 15 rings (SSSR count). The van der Waals surface area contributed by atoms with Crippen LogP contribution < -0.4 is 26.2 Å². The fraction of sp³-hybridized carbons (Fsp3) is 0. The van der Waals surface area contributed by atoms with Crippen LogP contribution in [0.25, 0.3) is 81.7 Å². The van der Waals surface area contributed by atoms with E-state index in [9.17, 15) is 0 Å². The van der Waals surface area contributed by atoms with Crippen LogP contribution in [0.2, 0.25) is 0 Å². The van der Waals surface area contributed by atoms with E-state index in [1.165, 1.54) is 115 Å². The molecule has 1 aromatic heterocycles. The first kappa shape index (κ1) is 37.4. The molecule has 4 heteroatoms. The van der Waals surface area contributed by atoms with Gasteiger partial charge in [0.05, 0.1) is 11.0 Å². The molecule has 2 aliphatic rings. The molecule has 12 aromatic carbocycles. The number of rotatable bonds is 4. The summed E-state index contributed by atoms with van der Waals surface area (Å²) in [7, 11) is 0. The molecule has 0 bridgehead atoms. The average molecular weight is 862 g/mol. The molecular formula is C64H40BN3. The van der Waals surface area contributed by atoms with Crippen LogP contribution in [0.5, 0.6) is 0 Å². The highest BCUT2D eigenvalue weighted by atomic mass is 15.2. The Morgan fingerprint density at radius 2 is 0.721 bits per heavy atom. The predicted molar refractivity (Wildman–Crippen MR) is 290 cm³/mol. The van der Waals surface area contributed by atoms with Crippen LogP contribution in [-0.2, 0) is 0 Å². The van der Waals surface area contributed by atoms with Crippen LogP contribution in [-0.4, -0.2) is 11.3 Å². The Balaban J connectivity index is 1.10. The van der Waals surface area contributed by atoms with Gasteiger partial charge < -0.3 is 14.4 Å². The summed E-state index contributed by atoms with van der Waals surface area (Å²) in [4.78, 5) is 5.11. The van der Waals surface area contributed by atoms with Crippen molar-refractivity contribution in [2.24, 2.45) is 0 Å². The summed E-state index contributed by atoms with van der Waals surface area (Å²) in [6.45, 7) is -0.0542. The first-order valence-corrected chi connectivity index (χ1v) is 23.6. The maximum absolute atomic E-state index is 2.55. The summed E-state index contributed by atoms with van der Waals surface area (Å²) >= 11 is 0. The van der Waals surface area contributed by atoms with Crippen molar-refractivity contribution in [3.05, 3.63) is 243 Å². The molecule has 0 radical (unpaired) electrons. The Bertz CT molecular complexity index is 4030. The second-order valence-electron chi connectivity index (χ2n) is 18.5. The molecule has 0 spiro atoms. The molecule has 0 N–H and O–H groups in total. The average Bonchev–Trinajstić information content (AvgIpc) is 3.74. The SMILES string of the molecule is c1ccc(N2c3cc4cc5ccccc5cc4cc3B3c4cc5cc6ccccc6cc5cc4N(c4ccccc4)c4cc(-c5cccc6c5c5ccccc5n6-c5ccccc5)cc2c43)cc1. The van der Waals surface area contributed by atoms with Gasteiger partial charge in [-0.05, 0) is 168 Å². The zero-order valence-electron chi connectivity index (χ0n) is 37.0. The van der Waals surface area contributed by atoms with E-state index in [0.717, 1.165) is 17.1 Å². The number of aromatic nitrogens is 1. The summed E-state index contributed by atoms with van der Waals surface area (Å²) < 4.78 is 2.43. The lowest BCUT2D eigenvalue weighted by molar-refractivity contribution is 1.18. The maximum atomic E-state index is 2.55. The molecular weight excluding hydrogens is 822 g/mol. The molecule has 0 fully saturated rings. The van der Waals surface area contributed by atoms with Gasteiger partial charge in [-0.25, -0.2) is 0 Å². The zero-order valence-corrected chi connectivity index (χ0v) is 37.0. The minimum absolute atomic E-state index is 0.0542. The first-order valence-electron chi connectivity index (χ1n) is 23.6. The van der Waals surface area contributed by atoms with Crippen LogP contribution in [0.15, 0.2) is 243 Å². The third-order valence-corrected chi connectivity index (χ3v) is 14.8. The molecule has 3 nitrogen and oxygen atoms in total. The third kappa shape index (κ3) is 5.43. The highest BCUT2D eigenvalue weighted by Gasteiger charge is 2.44. The second-order valence-corrected chi connectivity index (χ2v) is 18.5. The van der Waals surface area contributed by atoms with E-state index < -0.39 is 0 Å². The highest BCUT2D eigenvalue weighted by Crippen LogP contribution is 2.49. The largest absolute Gasteiger partial charge is 0.311 e. The van der Waals surface area contributed by atoms with Crippen LogP contribution in [0.1, 0.15) is 0 Å². The minimum atomic E-state index is -0.0542. The van der Waals surface area contributed by atoms with E-state index in [2.05, 4.69) is 257 Å². The van der Waals surface area contributed by atoms with E-state index in [0.29, 0.717) is 0 Å². The standard InChI is InChI=1S/C64H40BN3/c1-4-21-50(22-5-1)66-57-29-15-14-27-54(57)63-53(28-16-30-58(63)66)49-39-61-64-62(40-49)68(52-25-8-3-9-26-52)60-38-48-34-44-20-13-11-18-42(44)32-46(48)36-56(60)65(64)55-35-45-31-41-17-10-12-19-43(41)33-47(45)37-59(55)67(61)51-23-6-2-7-24-51/h1-40H. The molecule has 0 unspecified atom stereocenters. The quantitative estimate of drug-likeness (QED) is 0.129. The lowest BCUT2D eigenvalue weighted by Gasteiger charge is -2.44. The van der Waals surface area contributed by atoms with E-state index in [-0.39, 0.29) is 6.71 Å². The normalized spacial score (nSPS) is 12.9. The van der Waals surface area contributed by atoms with Gasteiger partial charge in [0.2, 0.25) is 0 Å². The number of hydrogen-bond donors (Lipinski definition) is 0. The third-order valence-electron chi connectivity index (χ3n) is 14.8. The van der Waals surface area contributed by atoms with Crippen molar-refractivity contribution in [1.82, 2.24) is 4.57 Å². The van der Waals surface area contributed by atoms with Crippen molar-refractivity contribution < 1.29 is 0 Å².